The van der Waals surface area contributed by atoms with E-state index in [0.717, 1.165) is 16.3 Å². The van der Waals surface area contributed by atoms with Crippen LogP contribution in [0.1, 0.15) is 27.0 Å². The molecule has 0 fully saturated rings. The third-order valence-corrected chi connectivity index (χ3v) is 3.86. The molecule has 112 valence electrons. The maximum Gasteiger partial charge on any atom is 0.355 e. The van der Waals surface area contributed by atoms with Crippen LogP contribution in [0.15, 0.2) is 46.5 Å². The lowest BCUT2D eigenvalue weighted by atomic mass is 10.1. The van der Waals surface area contributed by atoms with E-state index in [1.54, 1.807) is 17.8 Å². The summed E-state index contributed by atoms with van der Waals surface area (Å²) >= 11 is 1.36. The second-order valence-electron chi connectivity index (χ2n) is 4.58. The second kappa shape index (κ2) is 6.40. The molecule has 0 saturated heterocycles. The minimum atomic E-state index is -0.992. The van der Waals surface area contributed by atoms with Crippen LogP contribution in [0.2, 0.25) is 0 Å². The number of nitrogens with one attached hydrogen (secondary N) is 1. The number of hydrogen-bond acceptors (Lipinski definition) is 6. The fourth-order valence-electron chi connectivity index (χ4n) is 1.92. The van der Waals surface area contributed by atoms with Crippen molar-refractivity contribution in [3.8, 4) is 0 Å². The van der Waals surface area contributed by atoms with Crippen molar-refractivity contribution in [2.75, 3.05) is 5.32 Å². The Morgan fingerprint density at radius 3 is 2.77 bits per heavy atom. The average Bonchev–Trinajstić information content (AvgIpc) is 3.18. The molecule has 0 bridgehead atoms. The number of anilines is 1. The number of nitrogens with zero attached hydrogens (tertiary/aromatic N) is 2. The van der Waals surface area contributed by atoms with Crippen LogP contribution in [0.4, 0.5) is 5.69 Å². The summed E-state index contributed by atoms with van der Waals surface area (Å²) in [6, 6.07) is 7.90. The van der Waals surface area contributed by atoms with Crippen molar-refractivity contribution in [2.45, 2.75) is 13.0 Å². The van der Waals surface area contributed by atoms with Crippen LogP contribution in [0.3, 0.4) is 0 Å². The highest BCUT2D eigenvalue weighted by Gasteiger charge is 2.09. The van der Waals surface area contributed by atoms with E-state index in [4.69, 9.17) is 9.52 Å². The van der Waals surface area contributed by atoms with Gasteiger partial charge >= 0.3 is 5.97 Å². The molecule has 0 atom stereocenters. The molecule has 0 unspecified atom stereocenters. The topological polar surface area (TPSA) is 88.2 Å². The Bertz CT molecular complexity index is 751. The number of aromatic carboxylic acids is 1. The molecule has 0 amide bonds. The standard InChI is InChI=1S/C15H13N3O3S/c19-15(20)12-9-22-14(18-12)7-10-1-3-11(4-2-10)17-8-13-16-5-6-21-13/h1-6,9,17H,7-8H2,(H,19,20). The SMILES string of the molecule is O=C(O)c1csc(Cc2ccc(NCc3ncco3)cc2)n1. The van der Waals surface area contributed by atoms with E-state index in [0.29, 0.717) is 18.9 Å². The predicted molar refractivity (Wildman–Crippen MR) is 82.2 cm³/mol. The first-order chi connectivity index (χ1) is 10.7. The Morgan fingerprint density at radius 1 is 1.32 bits per heavy atom. The Kier molecular flexibility index (Phi) is 4.15. The molecular formula is C15H13N3O3S. The molecule has 22 heavy (non-hydrogen) atoms. The van der Waals surface area contributed by atoms with E-state index in [2.05, 4.69) is 15.3 Å². The van der Waals surface area contributed by atoms with Gasteiger partial charge in [0.05, 0.1) is 17.7 Å². The van der Waals surface area contributed by atoms with E-state index in [9.17, 15) is 4.79 Å². The van der Waals surface area contributed by atoms with Crippen molar-refractivity contribution in [3.63, 3.8) is 0 Å². The van der Waals surface area contributed by atoms with Crippen molar-refractivity contribution in [1.82, 2.24) is 9.97 Å². The molecular weight excluding hydrogens is 302 g/mol. The van der Waals surface area contributed by atoms with Gasteiger partial charge in [0.1, 0.15) is 6.26 Å². The number of carboxylic acid groups (broad SMARTS) is 1. The Balaban J connectivity index is 1.59. The van der Waals surface area contributed by atoms with Crippen LogP contribution in [-0.2, 0) is 13.0 Å². The number of rotatable bonds is 6. The largest absolute Gasteiger partial charge is 0.476 e. The van der Waals surface area contributed by atoms with Crippen LogP contribution in [-0.4, -0.2) is 21.0 Å². The van der Waals surface area contributed by atoms with Crippen molar-refractivity contribution >= 4 is 23.0 Å². The fraction of sp³-hybridized carbons (Fsp3) is 0.133. The van der Waals surface area contributed by atoms with Crippen molar-refractivity contribution in [2.24, 2.45) is 0 Å². The van der Waals surface area contributed by atoms with Gasteiger partial charge in [-0.05, 0) is 17.7 Å². The Labute approximate surface area is 130 Å². The average molecular weight is 315 g/mol. The molecule has 2 N–H and O–H groups in total. The van der Waals surface area contributed by atoms with Gasteiger partial charge in [0.25, 0.3) is 0 Å². The summed E-state index contributed by atoms with van der Waals surface area (Å²) in [6.45, 7) is 0.529. The zero-order chi connectivity index (χ0) is 15.4. The number of thiazole rings is 1. The third-order valence-electron chi connectivity index (χ3n) is 3.01. The van der Waals surface area contributed by atoms with Gasteiger partial charge in [-0.3, -0.25) is 0 Å². The van der Waals surface area contributed by atoms with Gasteiger partial charge in [-0.1, -0.05) is 12.1 Å². The number of oxazole rings is 1. The molecule has 2 aromatic heterocycles. The maximum atomic E-state index is 10.8. The summed E-state index contributed by atoms with van der Waals surface area (Å²) < 4.78 is 5.15. The predicted octanol–water partition coefficient (Wildman–Crippen LogP) is 3.03. The van der Waals surface area contributed by atoms with E-state index in [1.165, 1.54) is 11.3 Å². The highest BCUT2D eigenvalue weighted by molar-refractivity contribution is 7.09. The van der Waals surface area contributed by atoms with Crippen LogP contribution >= 0.6 is 11.3 Å². The summed E-state index contributed by atoms with van der Waals surface area (Å²) in [5.41, 5.74) is 2.14. The number of benzene rings is 1. The van der Waals surface area contributed by atoms with Crippen LogP contribution < -0.4 is 5.32 Å². The summed E-state index contributed by atoms with van der Waals surface area (Å²) in [6.07, 6.45) is 3.77. The molecule has 1 aromatic carbocycles. The number of aromatic nitrogens is 2. The highest BCUT2D eigenvalue weighted by Crippen LogP contribution is 2.17. The molecule has 0 spiro atoms. The van der Waals surface area contributed by atoms with E-state index in [1.807, 2.05) is 24.3 Å². The van der Waals surface area contributed by atoms with Crippen molar-refractivity contribution in [3.05, 3.63) is 64.3 Å². The number of carbonyl (C=O) groups is 1. The minimum absolute atomic E-state index is 0.101. The smallest absolute Gasteiger partial charge is 0.355 e. The molecule has 0 aliphatic rings. The first kappa shape index (κ1) is 14.3. The summed E-state index contributed by atoms with van der Waals surface area (Å²) in [5, 5.41) is 14.4. The van der Waals surface area contributed by atoms with Gasteiger partial charge in [0.2, 0.25) is 5.89 Å². The van der Waals surface area contributed by atoms with E-state index >= 15 is 0 Å². The molecule has 6 nitrogen and oxygen atoms in total. The van der Waals surface area contributed by atoms with Crippen molar-refractivity contribution < 1.29 is 14.3 Å². The lowest BCUT2D eigenvalue weighted by Gasteiger charge is -2.05. The summed E-state index contributed by atoms with van der Waals surface area (Å²) in [7, 11) is 0. The normalized spacial score (nSPS) is 10.5. The summed E-state index contributed by atoms with van der Waals surface area (Å²) in [4.78, 5) is 18.9. The van der Waals surface area contributed by atoms with Crippen LogP contribution in [0, 0.1) is 0 Å². The maximum absolute atomic E-state index is 10.8. The van der Waals surface area contributed by atoms with Crippen LogP contribution in [0.5, 0.6) is 0 Å². The molecule has 7 heteroatoms. The number of hydrogen-bond donors (Lipinski definition) is 2. The molecule has 2 heterocycles. The van der Waals surface area contributed by atoms with Gasteiger partial charge in [0.15, 0.2) is 5.69 Å². The Hall–Kier alpha value is -2.67. The van der Waals surface area contributed by atoms with Gasteiger partial charge in [-0.25, -0.2) is 14.8 Å². The molecule has 0 saturated carbocycles. The highest BCUT2D eigenvalue weighted by atomic mass is 32.1. The quantitative estimate of drug-likeness (QED) is 0.727. The zero-order valence-electron chi connectivity index (χ0n) is 11.5. The molecule has 3 rings (SSSR count). The molecule has 0 radical (unpaired) electrons. The molecule has 3 aromatic rings. The second-order valence-corrected chi connectivity index (χ2v) is 5.53. The van der Waals surface area contributed by atoms with Gasteiger partial charge in [-0.15, -0.1) is 11.3 Å². The fourth-order valence-corrected chi connectivity index (χ4v) is 2.73. The number of carboxylic acids is 1. The van der Waals surface area contributed by atoms with E-state index < -0.39 is 5.97 Å². The molecule has 0 aliphatic heterocycles. The lowest BCUT2D eigenvalue weighted by Crippen LogP contribution is -1.99. The first-order valence-electron chi connectivity index (χ1n) is 6.59. The minimum Gasteiger partial charge on any atom is -0.476 e. The monoisotopic (exact) mass is 315 g/mol. The Morgan fingerprint density at radius 2 is 2.14 bits per heavy atom. The van der Waals surface area contributed by atoms with Crippen LogP contribution in [0.25, 0.3) is 0 Å². The van der Waals surface area contributed by atoms with Gasteiger partial charge < -0.3 is 14.8 Å². The first-order valence-corrected chi connectivity index (χ1v) is 7.47. The lowest BCUT2D eigenvalue weighted by molar-refractivity contribution is 0.0691. The van der Waals surface area contributed by atoms with Gasteiger partial charge in [0, 0.05) is 17.5 Å². The third kappa shape index (κ3) is 3.50. The van der Waals surface area contributed by atoms with Crippen molar-refractivity contribution in [1.29, 1.82) is 0 Å². The molecule has 0 aliphatic carbocycles. The van der Waals surface area contributed by atoms with Gasteiger partial charge in [-0.2, -0.15) is 0 Å². The van der Waals surface area contributed by atoms with E-state index in [-0.39, 0.29) is 5.69 Å². The zero-order valence-corrected chi connectivity index (χ0v) is 12.3. The summed E-state index contributed by atoms with van der Waals surface area (Å²) in [5.74, 6) is -0.360.